The van der Waals surface area contributed by atoms with Crippen LogP contribution in [0.3, 0.4) is 0 Å². The maximum Gasteiger partial charge on any atom is 0.336 e. The Kier molecular flexibility index (Phi) is 4.44. The molecule has 3 heteroatoms. The van der Waals surface area contributed by atoms with Crippen LogP contribution in [0.15, 0.2) is 36.0 Å². The Morgan fingerprint density at radius 3 is 2.38 bits per heavy atom. The number of allylic oxidation sites excluding steroid dienone is 3. The number of carbonyl (C=O) groups is 1. The Balaban J connectivity index is 4.93. The summed E-state index contributed by atoms with van der Waals surface area (Å²) in [6.07, 6.45) is 4.76. The van der Waals surface area contributed by atoms with Crippen LogP contribution >= 0.6 is 0 Å². The highest BCUT2D eigenvalue weighted by Crippen LogP contribution is 2.09. The van der Waals surface area contributed by atoms with Gasteiger partial charge in [0.1, 0.15) is 0 Å². The Labute approximate surface area is 77.6 Å². The fraction of sp³-hybridized carbons (Fsp3) is 0.200. The van der Waals surface area contributed by atoms with Crippen LogP contribution in [0, 0.1) is 5.41 Å². The molecule has 0 heterocycles. The van der Waals surface area contributed by atoms with Crippen molar-refractivity contribution in [3.8, 4) is 0 Å². The summed E-state index contributed by atoms with van der Waals surface area (Å²) in [6.45, 7) is 6.82. The topological polar surface area (TPSA) is 61.2 Å². The fourth-order valence-electron chi connectivity index (χ4n) is 0.695. The van der Waals surface area contributed by atoms with Crippen LogP contribution in [0.1, 0.15) is 13.8 Å². The number of hydrogen-bond donors (Lipinski definition) is 2. The van der Waals surface area contributed by atoms with E-state index >= 15 is 0 Å². The van der Waals surface area contributed by atoms with E-state index < -0.39 is 5.97 Å². The molecule has 0 fully saturated rings. The lowest BCUT2D eigenvalue weighted by Gasteiger charge is -2.02. The second-order valence-corrected chi connectivity index (χ2v) is 2.51. The quantitative estimate of drug-likeness (QED) is 0.394. The van der Waals surface area contributed by atoms with Gasteiger partial charge in [0.15, 0.2) is 0 Å². The highest BCUT2D eigenvalue weighted by Gasteiger charge is 2.11. The molecule has 0 aliphatic rings. The van der Waals surface area contributed by atoms with Crippen LogP contribution in [0.2, 0.25) is 0 Å². The lowest BCUT2D eigenvalue weighted by molar-refractivity contribution is -0.132. The van der Waals surface area contributed by atoms with Gasteiger partial charge in [0.05, 0.1) is 5.57 Å². The monoisotopic (exact) mass is 179 g/mol. The van der Waals surface area contributed by atoms with Gasteiger partial charge in [-0.25, -0.2) is 4.79 Å². The first-order valence-electron chi connectivity index (χ1n) is 3.81. The number of rotatable bonds is 4. The molecule has 0 rings (SSSR count). The molecular formula is C10H13NO2. The number of nitrogens with one attached hydrogen (secondary N) is 1. The summed E-state index contributed by atoms with van der Waals surface area (Å²) in [5.74, 6) is -1.06. The Morgan fingerprint density at radius 1 is 1.54 bits per heavy atom. The average molecular weight is 179 g/mol. The van der Waals surface area contributed by atoms with Crippen LogP contribution in [0.25, 0.3) is 0 Å². The molecule has 0 radical (unpaired) electrons. The highest BCUT2D eigenvalue weighted by molar-refractivity contribution is 6.09. The van der Waals surface area contributed by atoms with E-state index in [-0.39, 0.29) is 16.9 Å². The van der Waals surface area contributed by atoms with Crippen molar-refractivity contribution in [2.45, 2.75) is 13.8 Å². The molecule has 0 aliphatic carbocycles. The lowest BCUT2D eigenvalue weighted by atomic mass is 10.0. The molecule has 0 spiro atoms. The van der Waals surface area contributed by atoms with Crippen LogP contribution < -0.4 is 0 Å². The third-order valence-electron chi connectivity index (χ3n) is 1.46. The second kappa shape index (κ2) is 5.09. The van der Waals surface area contributed by atoms with Crippen molar-refractivity contribution >= 4 is 11.7 Å². The minimum Gasteiger partial charge on any atom is -0.478 e. The van der Waals surface area contributed by atoms with E-state index in [0.29, 0.717) is 0 Å². The van der Waals surface area contributed by atoms with E-state index in [1.165, 1.54) is 13.0 Å². The van der Waals surface area contributed by atoms with Crippen molar-refractivity contribution in [1.29, 1.82) is 5.41 Å². The van der Waals surface area contributed by atoms with E-state index in [1.807, 2.05) is 0 Å². The molecule has 0 atom stereocenters. The molecule has 13 heavy (non-hydrogen) atoms. The largest absolute Gasteiger partial charge is 0.478 e. The van der Waals surface area contributed by atoms with E-state index in [4.69, 9.17) is 10.5 Å². The van der Waals surface area contributed by atoms with Crippen molar-refractivity contribution in [2.75, 3.05) is 0 Å². The third-order valence-corrected chi connectivity index (χ3v) is 1.46. The van der Waals surface area contributed by atoms with Crippen molar-refractivity contribution in [3.63, 3.8) is 0 Å². The molecule has 0 aromatic rings. The molecule has 0 aromatic heterocycles. The van der Waals surface area contributed by atoms with E-state index in [1.54, 1.807) is 19.1 Å². The minimum absolute atomic E-state index is 0.0607. The molecule has 0 amide bonds. The van der Waals surface area contributed by atoms with Gasteiger partial charge in [0.25, 0.3) is 0 Å². The molecule has 2 N–H and O–H groups in total. The first-order valence-corrected chi connectivity index (χ1v) is 3.81. The minimum atomic E-state index is -1.06. The van der Waals surface area contributed by atoms with Crippen molar-refractivity contribution < 1.29 is 9.90 Å². The second-order valence-electron chi connectivity index (χ2n) is 2.51. The maximum atomic E-state index is 10.7. The summed E-state index contributed by atoms with van der Waals surface area (Å²) in [4.78, 5) is 10.7. The summed E-state index contributed by atoms with van der Waals surface area (Å²) < 4.78 is 0. The predicted molar refractivity (Wildman–Crippen MR) is 53.1 cm³/mol. The van der Waals surface area contributed by atoms with Gasteiger partial charge in [0.2, 0.25) is 0 Å². The Morgan fingerprint density at radius 2 is 2.08 bits per heavy atom. The third kappa shape index (κ3) is 3.51. The van der Waals surface area contributed by atoms with E-state index in [2.05, 4.69) is 6.58 Å². The van der Waals surface area contributed by atoms with Crippen LogP contribution in [0.4, 0.5) is 0 Å². The SMILES string of the molecule is C=C(C(C)=N)/C(=C\C=C/C)C(=O)O. The molecular weight excluding hydrogens is 166 g/mol. The van der Waals surface area contributed by atoms with E-state index in [0.717, 1.165) is 0 Å². The van der Waals surface area contributed by atoms with Gasteiger partial charge in [-0.2, -0.15) is 0 Å². The number of carboxylic acid groups (broad SMARTS) is 1. The molecule has 0 unspecified atom stereocenters. The molecule has 70 valence electrons. The zero-order valence-electron chi connectivity index (χ0n) is 7.79. The number of carboxylic acids is 1. The van der Waals surface area contributed by atoms with Gasteiger partial charge >= 0.3 is 5.97 Å². The summed E-state index contributed by atoms with van der Waals surface area (Å²) >= 11 is 0. The number of hydrogen-bond acceptors (Lipinski definition) is 2. The summed E-state index contributed by atoms with van der Waals surface area (Å²) in [7, 11) is 0. The molecule has 0 aromatic carbocycles. The summed E-state index contributed by atoms with van der Waals surface area (Å²) in [5.41, 5.74) is 0.467. The Bertz CT molecular complexity index is 298. The zero-order chi connectivity index (χ0) is 10.4. The Hall–Kier alpha value is -1.64. The smallest absolute Gasteiger partial charge is 0.336 e. The average Bonchev–Trinajstić information content (AvgIpc) is 2.04. The number of aliphatic carboxylic acids is 1. The van der Waals surface area contributed by atoms with Gasteiger partial charge < -0.3 is 10.5 Å². The van der Waals surface area contributed by atoms with Crippen LogP contribution in [-0.4, -0.2) is 16.8 Å². The normalized spacial score (nSPS) is 11.7. The van der Waals surface area contributed by atoms with Gasteiger partial charge in [-0.1, -0.05) is 18.7 Å². The zero-order valence-corrected chi connectivity index (χ0v) is 7.79. The van der Waals surface area contributed by atoms with Crippen LogP contribution in [-0.2, 0) is 4.79 Å². The van der Waals surface area contributed by atoms with Gasteiger partial charge in [-0.05, 0) is 19.9 Å². The first-order chi connectivity index (χ1) is 6.00. The van der Waals surface area contributed by atoms with E-state index in [9.17, 15) is 4.79 Å². The lowest BCUT2D eigenvalue weighted by Crippen LogP contribution is -2.07. The van der Waals surface area contributed by atoms with Crippen molar-refractivity contribution in [3.05, 3.63) is 36.0 Å². The summed E-state index contributed by atoms with van der Waals surface area (Å²) in [5, 5.41) is 16.0. The molecule has 0 aliphatic heterocycles. The van der Waals surface area contributed by atoms with Crippen molar-refractivity contribution in [1.82, 2.24) is 0 Å². The molecule has 0 bridgehead atoms. The van der Waals surface area contributed by atoms with Crippen LogP contribution in [0.5, 0.6) is 0 Å². The highest BCUT2D eigenvalue weighted by atomic mass is 16.4. The predicted octanol–water partition coefficient (Wildman–Crippen LogP) is 2.17. The summed E-state index contributed by atoms with van der Waals surface area (Å²) in [6, 6.07) is 0. The van der Waals surface area contributed by atoms with Gasteiger partial charge in [0, 0.05) is 11.3 Å². The molecule has 0 saturated heterocycles. The maximum absolute atomic E-state index is 10.7. The first kappa shape index (κ1) is 11.4. The van der Waals surface area contributed by atoms with Gasteiger partial charge in [-0.3, -0.25) is 0 Å². The standard InChI is InChI=1S/C10H13NO2/c1-4-5-6-9(10(12)13)7(2)8(3)11/h4-6,11H,2H2,1,3H3,(H,12,13)/b5-4-,9-6+,11-8?. The fourth-order valence-corrected chi connectivity index (χ4v) is 0.695. The van der Waals surface area contributed by atoms with Gasteiger partial charge in [-0.15, -0.1) is 0 Å². The molecule has 3 nitrogen and oxygen atoms in total. The van der Waals surface area contributed by atoms with Crippen molar-refractivity contribution in [2.24, 2.45) is 0 Å². The molecule has 0 saturated carbocycles.